The van der Waals surface area contributed by atoms with Crippen LogP contribution in [0, 0.1) is 0 Å². The first kappa shape index (κ1) is 21.4. The maximum Gasteiger partial charge on any atom is 0.251 e. The summed E-state index contributed by atoms with van der Waals surface area (Å²) in [7, 11) is 1.58. The van der Waals surface area contributed by atoms with Gasteiger partial charge in [0.15, 0.2) is 0 Å². The molecule has 1 unspecified atom stereocenters. The van der Waals surface area contributed by atoms with Crippen molar-refractivity contribution in [3.63, 3.8) is 0 Å². The number of nitrogens with zero attached hydrogens (tertiary/aromatic N) is 2. The number of thiazole rings is 1. The normalized spacial score (nSPS) is 11.5. The molecule has 0 aliphatic heterocycles. The summed E-state index contributed by atoms with van der Waals surface area (Å²) in [5.41, 5.74) is 2.36. The standard InChI is InChI=1S/C22H24N4O3S/c1-15(22-26-19(14-30-22)17-5-3-11-23-13-17)25-20(27)6-4-12-24-21(28)16-7-9-18(29-2)10-8-16/h3,5,7-11,13-15H,4,6,12H2,1-2H3,(H,24,28)(H,25,27). The van der Waals surface area contributed by atoms with Gasteiger partial charge in [-0.25, -0.2) is 4.98 Å². The van der Waals surface area contributed by atoms with Crippen LogP contribution in [0.2, 0.25) is 0 Å². The van der Waals surface area contributed by atoms with Gasteiger partial charge in [0, 0.05) is 41.9 Å². The average molecular weight is 425 g/mol. The van der Waals surface area contributed by atoms with Crippen molar-refractivity contribution in [1.29, 1.82) is 0 Å². The van der Waals surface area contributed by atoms with Gasteiger partial charge in [-0.3, -0.25) is 14.6 Å². The van der Waals surface area contributed by atoms with Crippen LogP contribution >= 0.6 is 11.3 Å². The predicted molar refractivity (Wildman–Crippen MR) is 116 cm³/mol. The lowest BCUT2D eigenvalue weighted by Crippen LogP contribution is -2.29. The van der Waals surface area contributed by atoms with Gasteiger partial charge in [-0.2, -0.15) is 0 Å². The van der Waals surface area contributed by atoms with Crippen LogP contribution in [0.25, 0.3) is 11.3 Å². The molecule has 2 aromatic heterocycles. The summed E-state index contributed by atoms with van der Waals surface area (Å²) in [5.74, 6) is 0.460. The average Bonchev–Trinajstić information content (AvgIpc) is 3.28. The van der Waals surface area contributed by atoms with Crippen molar-refractivity contribution in [2.75, 3.05) is 13.7 Å². The number of hydrogen-bond acceptors (Lipinski definition) is 6. The smallest absolute Gasteiger partial charge is 0.251 e. The highest BCUT2D eigenvalue weighted by atomic mass is 32.1. The molecule has 0 radical (unpaired) electrons. The van der Waals surface area contributed by atoms with E-state index in [-0.39, 0.29) is 17.9 Å². The van der Waals surface area contributed by atoms with E-state index in [1.165, 1.54) is 11.3 Å². The van der Waals surface area contributed by atoms with E-state index in [4.69, 9.17) is 4.74 Å². The van der Waals surface area contributed by atoms with Crippen molar-refractivity contribution in [1.82, 2.24) is 20.6 Å². The Labute approximate surface area is 179 Å². The van der Waals surface area contributed by atoms with Crippen LogP contribution < -0.4 is 15.4 Å². The summed E-state index contributed by atoms with van der Waals surface area (Å²) in [5, 5.41) is 8.59. The zero-order valence-electron chi connectivity index (χ0n) is 16.9. The topological polar surface area (TPSA) is 93.2 Å². The predicted octanol–water partition coefficient (Wildman–Crippen LogP) is 3.60. The molecule has 1 atom stereocenters. The van der Waals surface area contributed by atoms with Gasteiger partial charge in [-0.05, 0) is 49.7 Å². The number of aromatic nitrogens is 2. The molecule has 0 bridgehead atoms. The van der Waals surface area contributed by atoms with Crippen molar-refractivity contribution >= 4 is 23.2 Å². The molecule has 0 fully saturated rings. The van der Waals surface area contributed by atoms with Gasteiger partial charge in [0.2, 0.25) is 5.91 Å². The summed E-state index contributed by atoms with van der Waals surface area (Å²) < 4.78 is 5.08. The minimum atomic E-state index is -0.179. The summed E-state index contributed by atoms with van der Waals surface area (Å²) in [6.07, 6.45) is 4.37. The Morgan fingerprint density at radius 3 is 2.70 bits per heavy atom. The molecule has 0 spiro atoms. The second-order valence-corrected chi connectivity index (χ2v) is 7.58. The molecule has 7 nitrogen and oxygen atoms in total. The van der Waals surface area contributed by atoms with Gasteiger partial charge in [-0.1, -0.05) is 0 Å². The second kappa shape index (κ2) is 10.5. The van der Waals surface area contributed by atoms with Crippen LogP contribution in [-0.4, -0.2) is 35.4 Å². The Bertz CT molecular complexity index is 974. The van der Waals surface area contributed by atoms with E-state index < -0.39 is 0 Å². The van der Waals surface area contributed by atoms with Crippen LogP contribution in [0.15, 0.2) is 54.2 Å². The van der Waals surface area contributed by atoms with Gasteiger partial charge in [0.1, 0.15) is 10.8 Å². The Morgan fingerprint density at radius 1 is 1.20 bits per heavy atom. The number of ether oxygens (including phenoxy) is 1. The fourth-order valence-electron chi connectivity index (χ4n) is 2.80. The third-order valence-electron chi connectivity index (χ3n) is 4.45. The second-order valence-electron chi connectivity index (χ2n) is 6.69. The van der Waals surface area contributed by atoms with Crippen molar-refractivity contribution in [2.24, 2.45) is 0 Å². The molecule has 0 saturated carbocycles. The van der Waals surface area contributed by atoms with Gasteiger partial charge in [0.25, 0.3) is 5.91 Å². The summed E-state index contributed by atoms with van der Waals surface area (Å²) in [6.45, 7) is 2.34. The lowest BCUT2D eigenvalue weighted by atomic mass is 10.2. The van der Waals surface area contributed by atoms with Gasteiger partial charge < -0.3 is 15.4 Å². The van der Waals surface area contributed by atoms with Crippen LogP contribution in [0.1, 0.15) is 41.2 Å². The van der Waals surface area contributed by atoms with E-state index in [1.54, 1.807) is 43.8 Å². The molecule has 1 aromatic carbocycles. The van der Waals surface area contributed by atoms with Crippen LogP contribution in [0.4, 0.5) is 0 Å². The molecule has 3 aromatic rings. The molecule has 2 amide bonds. The third-order valence-corrected chi connectivity index (χ3v) is 5.47. The lowest BCUT2D eigenvalue weighted by molar-refractivity contribution is -0.121. The molecule has 30 heavy (non-hydrogen) atoms. The van der Waals surface area contributed by atoms with E-state index in [2.05, 4.69) is 20.6 Å². The summed E-state index contributed by atoms with van der Waals surface area (Å²) in [4.78, 5) is 33.0. The monoisotopic (exact) mass is 424 g/mol. The van der Waals surface area contributed by atoms with Crippen molar-refractivity contribution in [2.45, 2.75) is 25.8 Å². The molecule has 0 aliphatic rings. The fourth-order valence-corrected chi connectivity index (χ4v) is 3.64. The number of nitrogens with one attached hydrogen (secondary N) is 2. The van der Waals surface area contributed by atoms with Crippen molar-refractivity contribution < 1.29 is 14.3 Å². The number of pyridine rings is 1. The van der Waals surface area contributed by atoms with E-state index >= 15 is 0 Å². The quantitative estimate of drug-likeness (QED) is 0.512. The van der Waals surface area contributed by atoms with Crippen LogP contribution in [0.5, 0.6) is 5.75 Å². The molecule has 0 aliphatic carbocycles. The first-order valence-electron chi connectivity index (χ1n) is 9.64. The molecule has 8 heteroatoms. The number of methoxy groups -OCH3 is 1. The third kappa shape index (κ3) is 5.87. The fraction of sp³-hybridized carbons (Fsp3) is 0.273. The molecule has 3 rings (SSSR count). The summed E-state index contributed by atoms with van der Waals surface area (Å²) in [6, 6.07) is 10.5. The van der Waals surface area contributed by atoms with Crippen LogP contribution in [-0.2, 0) is 4.79 Å². The molecule has 2 N–H and O–H groups in total. The number of hydrogen-bond donors (Lipinski definition) is 2. The zero-order chi connectivity index (χ0) is 21.3. The highest BCUT2D eigenvalue weighted by Crippen LogP contribution is 2.24. The number of carbonyl (C=O) groups excluding carboxylic acids is 2. The maximum absolute atomic E-state index is 12.2. The first-order valence-corrected chi connectivity index (χ1v) is 10.5. The Kier molecular flexibility index (Phi) is 7.51. The Balaban J connectivity index is 1.40. The maximum atomic E-state index is 12.2. The molecule has 156 valence electrons. The number of amides is 2. The molecule has 0 saturated heterocycles. The number of rotatable bonds is 9. The van der Waals surface area contributed by atoms with Gasteiger partial charge in [-0.15, -0.1) is 11.3 Å². The van der Waals surface area contributed by atoms with Gasteiger partial charge in [0.05, 0.1) is 18.8 Å². The van der Waals surface area contributed by atoms with E-state index in [0.29, 0.717) is 30.7 Å². The SMILES string of the molecule is COc1ccc(C(=O)NCCCC(=O)NC(C)c2nc(-c3cccnc3)cs2)cc1. The van der Waals surface area contributed by atoms with E-state index in [9.17, 15) is 9.59 Å². The lowest BCUT2D eigenvalue weighted by Gasteiger charge is -2.11. The van der Waals surface area contributed by atoms with E-state index in [0.717, 1.165) is 16.3 Å². The van der Waals surface area contributed by atoms with E-state index in [1.807, 2.05) is 24.4 Å². The zero-order valence-corrected chi connectivity index (χ0v) is 17.7. The highest BCUT2D eigenvalue weighted by molar-refractivity contribution is 7.10. The first-order chi connectivity index (χ1) is 14.6. The Hall–Kier alpha value is -3.26. The number of benzene rings is 1. The minimum absolute atomic E-state index is 0.0701. The summed E-state index contributed by atoms with van der Waals surface area (Å²) >= 11 is 1.51. The van der Waals surface area contributed by atoms with Gasteiger partial charge >= 0.3 is 0 Å². The molecular formula is C22H24N4O3S. The Morgan fingerprint density at radius 2 is 2.00 bits per heavy atom. The molecule has 2 heterocycles. The highest BCUT2D eigenvalue weighted by Gasteiger charge is 2.14. The minimum Gasteiger partial charge on any atom is -0.497 e. The molecular weight excluding hydrogens is 400 g/mol. The van der Waals surface area contributed by atoms with Crippen molar-refractivity contribution in [3.8, 4) is 17.0 Å². The number of carbonyl (C=O) groups is 2. The van der Waals surface area contributed by atoms with Crippen LogP contribution in [0.3, 0.4) is 0 Å². The van der Waals surface area contributed by atoms with Crippen molar-refractivity contribution in [3.05, 3.63) is 64.7 Å². The largest absolute Gasteiger partial charge is 0.497 e.